The summed E-state index contributed by atoms with van der Waals surface area (Å²) in [4.78, 5) is 0. The van der Waals surface area contributed by atoms with E-state index in [1.165, 1.54) is 0 Å². The van der Waals surface area contributed by atoms with Crippen LogP contribution in [0, 0.1) is 25.2 Å². The van der Waals surface area contributed by atoms with E-state index in [0.717, 1.165) is 11.1 Å². The van der Waals surface area contributed by atoms with Gasteiger partial charge in [-0.25, -0.2) is 0 Å². The summed E-state index contributed by atoms with van der Waals surface area (Å²) in [6.45, 7) is 3.91. The van der Waals surface area contributed by atoms with Gasteiger partial charge in [0, 0.05) is 0 Å². The zero-order chi connectivity index (χ0) is 13.1. The SMILES string of the molecule is Cc1ccc(Cl)c(Oc2cc(C)ccc2C#N)c1. The summed E-state index contributed by atoms with van der Waals surface area (Å²) in [6.07, 6.45) is 0. The van der Waals surface area contributed by atoms with E-state index in [1.54, 1.807) is 12.1 Å². The lowest BCUT2D eigenvalue weighted by molar-refractivity contribution is 0.480. The van der Waals surface area contributed by atoms with Crippen molar-refractivity contribution < 1.29 is 4.74 Å². The molecule has 2 aromatic carbocycles. The molecule has 0 amide bonds. The minimum atomic E-state index is 0.498. The molecule has 0 saturated carbocycles. The Morgan fingerprint density at radius 1 is 1.00 bits per heavy atom. The molecule has 0 spiro atoms. The van der Waals surface area contributed by atoms with Crippen molar-refractivity contribution in [3.8, 4) is 17.6 Å². The smallest absolute Gasteiger partial charge is 0.146 e. The topological polar surface area (TPSA) is 33.0 Å². The van der Waals surface area contributed by atoms with Crippen molar-refractivity contribution in [2.24, 2.45) is 0 Å². The van der Waals surface area contributed by atoms with Crippen molar-refractivity contribution in [2.45, 2.75) is 13.8 Å². The number of ether oxygens (including phenoxy) is 1. The molecule has 0 radical (unpaired) electrons. The van der Waals surface area contributed by atoms with Crippen LogP contribution < -0.4 is 4.74 Å². The highest BCUT2D eigenvalue weighted by atomic mass is 35.5. The first-order valence-corrected chi connectivity index (χ1v) is 5.92. The van der Waals surface area contributed by atoms with Crippen molar-refractivity contribution in [1.29, 1.82) is 5.26 Å². The lowest BCUT2D eigenvalue weighted by atomic mass is 10.1. The largest absolute Gasteiger partial charge is 0.454 e. The zero-order valence-corrected chi connectivity index (χ0v) is 11.0. The molecule has 0 unspecified atom stereocenters. The number of benzene rings is 2. The number of hydrogen-bond acceptors (Lipinski definition) is 2. The number of aryl methyl sites for hydroxylation is 2. The fourth-order valence-corrected chi connectivity index (χ4v) is 1.77. The van der Waals surface area contributed by atoms with E-state index in [-0.39, 0.29) is 0 Å². The summed E-state index contributed by atoms with van der Waals surface area (Å²) in [6, 6.07) is 13.1. The van der Waals surface area contributed by atoms with Crippen LogP contribution in [0.2, 0.25) is 5.02 Å². The van der Waals surface area contributed by atoms with E-state index in [1.807, 2.05) is 38.1 Å². The number of nitrogens with zero attached hydrogens (tertiary/aromatic N) is 1. The summed E-state index contributed by atoms with van der Waals surface area (Å²) in [5.74, 6) is 1.10. The van der Waals surface area contributed by atoms with Gasteiger partial charge in [0.05, 0.1) is 10.6 Å². The lowest BCUT2D eigenvalue weighted by Gasteiger charge is -2.10. The van der Waals surface area contributed by atoms with Gasteiger partial charge >= 0.3 is 0 Å². The molecule has 0 atom stereocenters. The second-order valence-electron chi connectivity index (χ2n) is 4.15. The second kappa shape index (κ2) is 5.12. The molecule has 0 aliphatic heterocycles. The molecule has 0 fully saturated rings. The normalized spacial score (nSPS) is 9.89. The van der Waals surface area contributed by atoms with Gasteiger partial charge < -0.3 is 4.74 Å². The van der Waals surface area contributed by atoms with Crippen LogP contribution in [-0.4, -0.2) is 0 Å². The van der Waals surface area contributed by atoms with Crippen LogP contribution in [0.5, 0.6) is 11.5 Å². The molecule has 0 bridgehead atoms. The molecule has 0 aliphatic rings. The van der Waals surface area contributed by atoms with Crippen molar-refractivity contribution >= 4 is 11.6 Å². The van der Waals surface area contributed by atoms with E-state index in [2.05, 4.69) is 6.07 Å². The first-order valence-electron chi connectivity index (χ1n) is 5.55. The van der Waals surface area contributed by atoms with Gasteiger partial charge in [-0.05, 0) is 49.2 Å². The van der Waals surface area contributed by atoms with Gasteiger partial charge in [0.2, 0.25) is 0 Å². The van der Waals surface area contributed by atoms with Crippen LogP contribution in [0.1, 0.15) is 16.7 Å². The third-order valence-electron chi connectivity index (χ3n) is 2.56. The van der Waals surface area contributed by atoms with Gasteiger partial charge in [-0.15, -0.1) is 0 Å². The van der Waals surface area contributed by atoms with Crippen molar-refractivity contribution in [3.05, 3.63) is 58.1 Å². The molecule has 3 heteroatoms. The Balaban J connectivity index is 2.43. The highest BCUT2D eigenvalue weighted by molar-refractivity contribution is 6.32. The molecule has 0 N–H and O–H groups in total. The highest BCUT2D eigenvalue weighted by Crippen LogP contribution is 2.32. The van der Waals surface area contributed by atoms with Crippen LogP contribution >= 0.6 is 11.6 Å². The molecule has 2 nitrogen and oxygen atoms in total. The maximum absolute atomic E-state index is 9.05. The Bertz CT molecular complexity index is 629. The third-order valence-corrected chi connectivity index (χ3v) is 2.88. The Kier molecular flexibility index (Phi) is 3.55. The fraction of sp³-hybridized carbons (Fsp3) is 0.133. The summed E-state index contributed by atoms with van der Waals surface area (Å²) in [7, 11) is 0. The van der Waals surface area contributed by atoms with E-state index >= 15 is 0 Å². The van der Waals surface area contributed by atoms with Gasteiger partial charge in [0.1, 0.15) is 17.6 Å². The van der Waals surface area contributed by atoms with E-state index in [9.17, 15) is 0 Å². The molecule has 2 aromatic rings. The standard InChI is InChI=1S/C15H12ClNO/c1-10-3-5-12(9-17)14(7-10)18-15-8-11(2)4-6-13(15)16/h3-8H,1-2H3. The number of hydrogen-bond donors (Lipinski definition) is 0. The van der Waals surface area contributed by atoms with Gasteiger partial charge in [-0.3, -0.25) is 0 Å². The fourth-order valence-electron chi connectivity index (χ4n) is 1.61. The van der Waals surface area contributed by atoms with Gasteiger partial charge in [-0.2, -0.15) is 5.26 Å². The van der Waals surface area contributed by atoms with Gasteiger partial charge in [-0.1, -0.05) is 23.7 Å². The van der Waals surface area contributed by atoms with E-state index in [4.69, 9.17) is 21.6 Å². The van der Waals surface area contributed by atoms with Gasteiger partial charge in [0.25, 0.3) is 0 Å². The molecular weight excluding hydrogens is 246 g/mol. The minimum absolute atomic E-state index is 0.498. The first kappa shape index (κ1) is 12.5. The summed E-state index contributed by atoms with van der Waals surface area (Å²) in [5.41, 5.74) is 2.59. The quantitative estimate of drug-likeness (QED) is 0.786. The first-order chi connectivity index (χ1) is 8.60. The van der Waals surface area contributed by atoms with Crippen molar-refractivity contribution in [2.75, 3.05) is 0 Å². The minimum Gasteiger partial charge on any atom is -0.454 e. The Morgan fingerprint density at radius 2 is 1.61 bits per heavy atom. The average Bonchev–Trinajstić information content (AvgIpc) is 2.34. The number of halogens is 1. The Labute approximate surface area is 111 Å². The summed E-state index contributed by atoms with van der Waals surface area (Å²) >= 11 is 6.07. The predicted molar refractivity (Wildman–Crippen MR) is 72.2 cm³/mol. The average molecular weight is 258 g/mol. The second-order valence-corrected chi connectivity index (χ2v) is 4.55. The molecule has 0 aromatic heterocycles. The van der Waals surface area contributed by atoms with Crippen LogP contribution in [0.3, 0.4) is 0 Å². The number of rotatable bonds is 2. The molecule has 0 aliphatic carbocycles. The maximum atomic E-state index is 9.05. The molecule has 0 heterocycles. The monoisotopic (exact) mass is 257 g/mol. The van der Waals surface area contributed by atoms with Crippen LogP contribution in [0.4, 0.5) is 0 Å². The summed E-state index contributed by atoms with van der Waals surface area (Å²) < 4.78 is 5.74. The molecule has 0 saturated heterocycles. The van der Waals surface area contributed by atoms with Crippen molar-refractivity contribution in [1.82, 2.24) is 0 Å². The number of nitriles is 1. The third kappa shape index (κ3) is 2.64. The lowest BCUT2D eigenvalue weighted by Crippen LogP contribution is -1.90. The highest BCUT2D eigenvalue weighted by Gasteiger charge is 2.08. The van der Waals surface area contributed by atoms with E-state index in [0.29, 0.717) is 22.1 Å². The maximum Gasteiger partial charge on any atom is 0.146 e. The van der Waals surface area contributed by atoms with E-state index < -0.39 is 0 Å². The van der Waals surface area contributed by atoms with Crippen LogP contribution in [0.25, 0.3) is 0 Å². The molecule has 18 heavy (non-hydrogen) atoms. The predicted octanol–water partition coefficient (Wildman–Crippen LogP) is 4.62. The summed E-state index contributed by atoms with van der Waals surface area (Å²) in [5, 5.41) is 9.58. The molecule has 2 rings (SSSR count). The molecule has 90 valence electrons. The van der Waals surface area contributed by atoms with Crippen molar-refractivity contribution in [3.63, 3.8) is 0 Å². The van der Waals surface area contributed by atoms with Gasteiger partial charge in [0.15, 0.2) is 0 Å². The van der Waals surface area contributed by atoms with Crippen LogP contribution in [0.15, 0.2) is 36.4 Å². The Hall–Kier alpha value is -1.98. The van der Waals surface area contributed by atoms with Crippen LogP contribution in [-0.2, 0) is 0 Å². The zero-order valence-electron chi connectivity index (χ0n) is 10.2. The molecular formula is C15H12ClNO. The Morgan fingerprint density at radius 3 is 2.28 bits per heavy atom.